The fourth-order valence-electron chi connectivity index (χ4n) is 2.51. The summed E-state index contributed by atoms with van der Waals surface area (Å²) in [4.78, 5) is 21.6. The number of rotatable bonds is 11. The number of nitro benzene ring substituents is 1. The minimum atomic E-state index is -4.41. The lowest BCUT2D eigenvalue weighted by atomic mass is 10.1. The largest absolute Gasteiger partial charge is 0.493 e. The zero-order chi connectivity index (χ0) is 23.2. The average Bonchev–Trinajstić information content (AvgIpc) is 2.73. The number of sulfonamides is 1. The molecular formula is C18H20N2O10S. The second-order valence-electron chi connectivity index (χ2n) is 5.89. The van der Waals surface area contributed by atoms with E-state index in [2.05, 4.69) is 4.72 Å². The third kappa shape index (κ3) is 5.52. The molecule has 0 fully saturated rings. The van der Waals surface area contributed by atoms with Crippen LogP contribution >= 0.6 is 0 Å². The molecule has 2 N–H and O–H groups in total. The number of carboxylic acids is 1. The average molecular weight is 456 g/mol. The highest BCUT2D eigenvalue weighted by atomic mass is 32.2. The minimum absolute atomic E-state index is 0.0662. The van der Waals surface area contributed by atoms with Crippen LogP contribution in [0.25, 0.3) is 0 Å². The molecule has 2 rings (SSSR count). The number of methoxy groups -OCH3 is 3. The van der Waals surface area contributed by atoms with Crippen molar-refractivity contribution in [2.45, 2.75) is 4.90 Å². The smallest absolute Gasteiger partial charge is 0.337 e. The van der Waals surface area contributed by atoms with Crippen LogP contribution in [0.15, 0.2) is 35.2 Å². The number of nitro groups is 1. The lowest BCUT2D eigenvalue weighted by Crippen LogP contribution is -2.16. The summed E-state index contributed by atoms with van der Waals surface area (Å²) in [5.41, 5.74) is -1.30. The second-order valence-corrected chi connectivity index (χ2v) is 7.57. The van der Waals surface area contributed by atoms with Gasteiger partial charge in [-0.15, -0.1) is 0 Å². The summed E-state index contributed by atoms with van der Waals surface area (Å²) in [6.45, 7) is 0.316. The highest BCUT2D eigenvalue weighted by Crippen LogP contribution is 2.35. The van der Waals surface area contributed by atoms with E-state index in [-0.39, 0.29) is 36.1 Å². The van der Waals surface area contributed by atoms with Crippen molar-refractivity contribution in [3.05, 3.63) is 46.0 Å². The van der Waals surface area contributed by atoms with Gasteiger partial charge in [-0.25, -0.2) is 13.2 Å². The van der Waals surface area contributed by atoms with Crippen LogP contribution in [0.4, 0.5) is 11.4 Å². The predicted octanol–water partition coefficient (Wildman–Crippen LogP) is 2.14. The highest BCUT2D eigenvalue weighted by molar-refractivity contribution is 7.92. The van der Waals surface area contributed by atoms with Crippen LogP contribution < -0.4 is 18.9 Å². The molecular weight excluding hydrogens is 436 g/mol. The molecule has 31 heavy (non-hydrogen) atoms. The van der Waals surface area contributed by atoms with Crippen molar-refractivity contribution >= 4 is 27.4 Å². The van der Waals surface area contributed by atoms with Gasteiger partial charge in [-0.1, -0.05) is 0 Å². The van der Waals surface area contributed by atoms with Crippen LogP contribution in [-0.2, 0) is 14.8 Å². The molecule has 0 aliphatic heterocycles. The van der Waals surface area contributed by atoms with Crippen LogP contribution in [0.3, 0.4) is 0 Å². The Balaban J connectivity index is 2.52. The van der Waals surface area contributed by atoms with E-state index in [1.165, 1.54) is 21.3 Å². The summed E-state index contributed by atoms with van der Waals surface area (Å²) < 4.78 is 48.1. The highest BCUT2D eigenvalue weighted by Gasteiger charge is 2.25. The molecule has 0 unspecified atom stereocenters. The van der Waals surface area contributed by atoms with E-state index in [0.29, 0.717) is 0 Å². The third-order valence-electron chi connectivity index (χ3n) is 3.98. The van der Waals surface area contributed by atoms with Gasteiger partial charge in [-0.2, -0.15) is 0 Å². The predicted molar refractivity (Wildman–Crippen MR) is 108 cm³/mol. The number of aromatic carboxylic acids is 1. The molecule has 0 heterocycles. The molecule has 0 saturated heterocycles. The number of anilines is 1. The fraction of sp³-hybridized carbons (Fsp3) is 0.278. The quantitative estimate of drug-likeness (QED) is 0.291. The Morgan fingerprint density at radius 3 is 2.29 bits per heavy atom. The van der Waals surface area contributed by atoms with E-state index in [9.17, 15) is 28.4 Å². The number of benzene rings is 2. The first kappa shape index (κ1) is 23.7. The zero-order valence-corrected chi connectivity index (χ0v) is 17.6. The molecule has 2 aromatic carbocycles. The summed E-state index contributed by atoms with van der Waals surface area (Å²) in [5, 5.41) is 20.7. The Hall–Kier alpha value is -3.58. The molecule has 0 aliphatic carbocycles. The molecule has 0 atom stereocenters. The molecule has 0 aromatic heterocycles. The number of nitrogens with zero attached hydrogens (tertiary/aromatic N) is 1. The van der Waals surface area contributed by atoms with Gasteiger partial charge in [0, 0.05) is 25.3 Å². The lowest BCUT2D eigenvalue weighted by Gasteiger charge is -2.16. The van der Waals surface area contributed by atoms with Gasteiger partial charge < -0.3 is 24.1 Å². The monoisotopic (exact) mass is 456 g/mol. The molecule has 12 nitrogen and oxygen atoms in total. The molecule has 13 heteroatoms. The Kier molecular flexibility index (Phi) is 7.61. The summed E-state index contributed by atoms with van der Waals surface area (Å²) in [6, 6.07) is 5.26. The molecule has 0 saturated carbocycles. The van der Waals surface area contributed by atoms with Crippen LogP contribution in [0.5, 0.6) is 17.2 Å². The minimum Gasteiger partial charge on any atom is -0.493 e. The number of carboxylic acid groups (broad SMARTS) is 1. The summed E-state index contributed by atoms with van der Waals surface area (Å²) in [6.07, 6.45) is 0. The first-order chi connectivity index (χ1) is 14.6. The van der Waals surface area contributed by atoms with Gasteiger partial charge in [-0.05, 0) is 12.1 Å². The van der Waals surface area contributed by atoms with Crippen LogP contribution in [-0.4, -0.2) is 59.0 Å². The molecule has 2 aromatic rings. The lowest BCUT2D eigenvalue weighted by molar-refractivity contribution is -0.386. The van der Waals surface area contributed by atoms with Crippen LogP contribution in [0, 0.1) is 10.1 Å². The molecule has 0 bridgehead atoms. The van der Waals surface area contributed by atoms with Crippen molar-refractivity contribution in [1.29, 1.82) is 0 Å². The standard InChI is InChI=1S/C18H20N2O10S/c1-27-6-7-30-17-10-13(12(18(21)22)9-16(17)29-3)19-31(25,26)11-4-5-15(28-2)14(8-11)20(23)24/h4-5,8-10,19H,6-7H2,1-3H3,(H,21,22). The van der Waals surface area contributed by atoms with Crippen molar-refractivity contribution in [2.24, 2.45) is 0 Å². The maximum atomic E-state index is 12.8. The SMILES string of the molecule is COCCOc1cc(NS(=O)(=O)c2ccc(OC)c([N+](=O)[O-])c2)c(C(=O)O)cc1OC. The molecule has 0 aliphatic rings. The number of nitrogens with one attached hydrogen (secondary N) is 1. The first-order valence-corrected chi connectivity index (χ1v) is 10.0. The summed E-state index contributed by atoms with van der Waals surface area (Å²) in [7, 11) is -0.445. The van der Waals surface area contributed by atoms with Gasteiger partial charge in [0.1, 0.15) is 6.61 Å². The zero-order valence-electron chi connectivity index (χ0n) is 16.8. The number of hydrogen-bond donors (Lipinski definition) is 2. The van der Waals surface area contributed by atoms with Crippen molar-refractivity contribution < 1.29 is 42.2 Å². The molecule has 0 radical (unpaired) electrons. The van der Waals surface area contributed by atoms with Crippen molar-refractivity contribution in [1.82, 2.24) is 0 Å². The van der Waals surface area contributed by atoms with Gasteiger partial charge in [0.15, 0.2) is 17.2 Å². The van der Waals surface area contributed by atoms with Gasteiger partial charge >= 0.3 is 11.7 Å². The maximum Gasteiger partial charge on any atom is 0.337 e. The molecule has 168 valence electrons. The number of ether oxygens (including phenoxy) is 4. The van der Waals surface area contributed by atoms with E-state index in [4.69, 9.17) is 18.9 Å². The van der Waals surface area contributed by atoms with Crippen LogP contribution in [0.1, 0.15) is 10.4 Å². The topological polar surface area (TPSA) is 164 Å². The van der Waals surface area contributed by atoms with Gasteiger partial charge in [0.2, 0.25) is 0 Å². The molecule has 0 amide bonds. The number of carbonyl (C=O) groups is 1. The van der Waals surface area contributed by atoms with E-state index in [1.807, 2.05) is 0 Å². The Bertz CT molecular complexity index is 1080. The van der Waals surface area contributed by atoms with Gasteiger partial charge in [0.25, 0.3) is 10.0 Å². The van der Waals surface area contributed by atoms with Gasteiger partial charge in [0.05, 0.1) is 41.9 Å². The van der Waals surface area contributed by atoms with E-state index in [1.54, 1.807) is 0 Å². The third-order valence-corrected chi connectivity index (χ3v) is 5.34. The van der Waals surface area contributed by atoms with E-state index < -0.39 is 37.1 Å². The number of hydrogen-bond acceptors (Lipinski definition) is 9. The second kappa shape index (κ2) is 9.95. The van der Waals surface area contributed by atoms with E-state index in [0.717, 1.165) is 30.3 Å². The Labute approximate surface area is 177 Å². The van der Waals surface area contributed by atoms with Crippen molar-refractivity contribution in [2.75, 3.05) is 39.3 Å². The Morgan fingerprint density at radius 2 is 1.74 bits per heavy atom. The molecule has 0 spiro atoms. The normalized spacial score (nSPS) is 10.9. The van der Waals surface area contributed by atoms with Gasteiger partial charge in [-0.3, -0.25) is 14.8 Å². The maximum absolute atomic E-state index is 12.8. The van der Waals surface area contributed by atoms with E-state index >= 15 is 0 Å². The summed E-state index contributed by atoms with van der Waals surface area (Å²) in [5.74, 6) is -1.42. The van der Waals surface area contributed by atoms with Crippen molar-refractivity contribution in [3.63, 3.8) is 0 Å². The first-order valence-electron chi connectivity index (χ1n) is 8.57. The van der Waals surface area contributed by atoms with Crippen LogP contribution in [0.2, 0.25) is 0 Å². The Morgan fingerprint density at radius 1 is 1.06 bits per heavy atom. The fourth-order valence-corrected chi connectivity index (χ4v) is 3.60. The van der Waals surface area contributed by atoms with Crippen molar-refractivity contribution in [3.8, 4) is 17.2 Å². The summed E-state index contributed by atoms with van der Waals surface area (Å²) >= 11 is 0.